The molecule has 2 unspecified atom stereocenters. The lowest BCUT2D eigenvalue weighted by molar-refractivity contribution is -0.386. The third-order valence-electron chi connectivity index (χ3n) is 3.59. The number of nitro groups is 1. The average molecular weight is 315 g/mol. The number of hydrogen-bond donors (Lipinski definition) is 2. The van der Waals surface area contributed by atoms with Gasteiger partial charge in [-0.3, -0.25) is 14.9 Å². The molecule has 1 aliphatic rings. The molecule has 1 fully saturated rings. The van der Waals surface area contributed by atoms with E-state index in [9.17, 15) is 14.9 Å². The molecule has 7 nitrogen and oxygen atoms in total. The second-order valence-electron chi connectivity index (χ2n) is 5.14. The van der Waals surface area contributed by atoms with Gasteiger partial charge in [0.15, 0.2) is 0 Å². The fraction of sp³-hybridized carbons (Fsp3) is 0.462. The second-order valence-corrected chi connectivity index (χ2v) is 5.55. The lowest BCUT2D eigenvalue weighted by Gasteiger charge is -2.34. The molecule has 0 amide bonds. The highest BCUT2D eigenvalue weighted by Gasteiger charge is 2.41. The van der Waals surface area contributed by atoms with Crippen LogP contribution in [0, 0.1) is 10.1 Å². The summed E-state index contributed by atoms with van der Waals surface area (Å²) in [5.74, 6) is -1.13. The Labute approximate surface area is 125 Å². The molecule has 2 rings (SSSR count). The summed E-state index contributed by atoms with van der Waals surface area (Å²) in [7, 11) is 0. The Hall–Kier alpha value is -1.86. The van der Waals surface area contributed by atoms with Crippen LogP contribution in [0.5, 0.6) is 5.75 Å². The van der Waals surface area contributed by atoms with Gasteiger partial charge >= 0.3 is 11.7 Å². The summed E-state index contributed by atoms with van der Waals surface area (Å²) < 4.78 is 5.61. The number of nitrogens with zero attached hydrogens (tertiary/aromatic N) is 1. The molecule has 1 aromatic rings. The highest BCUT2D eigenvalue weighted by molar-refractivity contribution is 6.32. The van der Waals surface area contributed by atoms with Crippen molar-refractivity contribution in [3.63, 3.8) is 0 Å². The Morgan fingerprint density at radius 1 is 1.57 bits per heavy atom. The van der Waals surface area contributed by atoms with Gasteiger partial charge in [0.1, 0.15) is 11.6 Å². The van der Waals surface area contributed by atoms with E-state index < -0.39 is 22.5 Å². The van der Waals surface area contributed by atoms with Crippen molar-refractivity contribution in [3.8, 4) is 5.75 Å². The number of ether oxygens (including phenoxy) is 1. The SMILES string of the molecule is NC1(C(=O)O)CCCC(Oc2c(Cl)cccc2[N+](=O)[O-])C1. The van der Waals surface area contributed by atoms with Gasteiger partial charge in [-0.15, -0.1) is 0 Å². The quantitative estimate of drug-likeness (QED) is 0.651. The normalized spacial score (nSPS) is 25.3. The maximum Gasteiger partial charge on any atom is 0.323 e. The van der Waals surface area contributed by atoms with Gasteiger partial charge in [0.2, 0.25) is 5.75 Å². The first-order valence-corrected chi connectivity index (χ1v) is 6.83. The number of carboxylic acids is 1. The number of hydrogen-bond acceptors (Lipinski definition) is 5. The molecule has 8 heteroatoms. The molecular formula is C13H15ClN2O5. The van der Waals surface area contributed by atoms with Crippen molar-refractivity contribution in [2.24, 2.45) is 5.73 Å². The largest absolute Gasteiger partial charge is 0.482 e. The van der Waals surface area contributed by atoms with Crippen LogP contribution in [0.3, 0.4) is 0 Å². The van der Waals surface area contributed by atoms with Crippen molar-refractivity contribution in [2.45, 2.75) is 37.3 Å². The van der Waals surface area contributed by atoms with Crippen molar-refractivity contribution in [3.05, 3.63) is 33.3 Å². The fourth-order valence-corrected chi connectivity index (χ4v) is 2.69. The first-order valence-electron chi connectivity index (χ1n) is 6.45. The van der Waals surface area contributed by atoms with E-state index in [1.165, 1.54) is 18.2 Å². The lowest BCUT2D eigenvalue weighted by atomic mass is 9.81. The summed E-state index contributed by atoms with van der Waals surface area (Å²) >= 11 is 5.95. The van der Waals surface area contributed by atoms with Crippen LogP contribution in [0.15, 0.2) is 18.2 Å². The van der Waals surface area contributed by atoms with Gasteiger partial charge in [-0.25, -0.2) is 0 Å². The average Bonchev–Trinajstić information content (AvgIpc) is 2.40. The Balaban J connectivity index is 2.23. The van der Waals surface area contributed by atoms with Crippen molar-refractivity contribution in [1.29, 1.82) is 0 Å². The number of rotatable bonds is 4. The molecule has 3 N–H and O–H groups in total. The third-order valence-corrected chi connectivity index (χ3v) is 3.89. The van der Waals surface area contributed by atoms with Gasteiger partial charge in [-0.2, -0.15) is 0 Å². The number of nitrogens with two attached hydrogens (primary N) is 1. The molecule has 0 spiro atoms. The molecule has 0 radical (unpaired) electrons. The molecule has 0 aliphatic heterocycles. The molecular weight excluding hydrogens is 300 g/mol. The van der Waals surface area contributed by atoms with Crippen LogP contribution in [-0.2, 0) is 4.79 Å². The maximum absolute atomic E-state index is 11.2. The summed E-state index contributed by atoms with van der Waals surface area (Å²) in [4.78, 5) is 21.6. The molecule has 0 aromatic heterocycles. The van der Waals surface area contributed by atoms with Crippen LogP contribution >= 0.6 is 11.6 Å². The topological polar surface area (TPSA) is 116 Å². The van der Waals surface area contributed by atoms with Crippen molar-refractivity contribution in [1.82, 2.24) is 0 Å². The first kappa shape index (κ1) is 15.5. The zero-order chi connectivity index (χ0) is 15.6. The predicted molar refractivity (Wildman–Crippen MR) is 75.5 cm³/mol. The van der Waals surface area contributed by atoms with E-state index in [1.807, 2.05) is 0 Å². The molecule has 1 aromatic carbocycles. The summed E-state index contributed by atoms with van der Waals surface area (Å²) in [6, 6.07) is 4.23. The number of aliphatic carboxylic acids is 1. The van der Waals surface area contributed by atoms with Crippen molar-refractivity contribution < 1.29 is 19.6 Å². The number of nitro benzene ring substituents is 1. The van der Waals surface area contributed by atoms with Crippen LogP contribution in [0.1, 0.15) is 25.7 Å². The molecule has 1 aliphatic carbocycles. The monoisotopic (exact) mass is 314 g/mol. The van der Waals surface area contributed by atoms with Gasteiger partial charge in [-0.1, -0.05) is 17.7 Å². The van der Waals surface area contributed by atoms with E-state index in [0.717, 1.165) is 0 Å². The lowest BCUT2D eigenvalue weighted by Crippen LogP contribution is -2.53. The van der Waals surface area contributed by atoms with Gasteiger partial charge < -0.3 is 15.6 Å². The fourth-order valence-electron chi connectivity index (χ4n) is 2.47. The summed E-state index contributed by atoms with van der Waals surface area (Å²) in [6.45, 7) is 0. The van der Waals surface area contributed by atoms with Gasteiger partial charge in [0.25, 0.3) is 0 Å². The van der Waals surface area contributed by atoms with E-state index in [0.29, 0.717) is 19.3 Å². The smallest absolute Gasteiger partial charge is 0.323 e. The Bertz CT molecular complexity index is 580. The van der Waals surface area contributed by atoms with Crippen molar-refractivity contribution in [2.75, 3.05) is 0 Å². The van der Waals surface area contributed by atoms with Crippen molar-refractivity contribution >= 4 is 23.3 Å². The highest BCUT2D eigenvalue weighted by Crippen LogP contribution is 2.38. The predicted octanol–water partition coefficient (Wildman–Crippen LogP) is 2.35. The number of halogens is 1. The Kier molecular flexibility index (Phi) is 4.34. The number of carbonyl (C=O) groups is 1. The highest BCUT2D eigenvalue weighted by atomic mass is 35.5. The van der Waals surface area contributed by atoms with E-state index in [2.05, 4.69) is 0 Å². The van der Waals surface area contributed by atoms with Crippen LogP contribution in [-0.4, -0.2) is 27.6 Å². The first-order chi connectivity index (χ1) is 9.83. The molecule has 1 saturated carbocycles. The molecule has 0 bridgehead atoms. The second kappa shape index (κ2) is 5.87. The molecule has 2 atom stereocenters. The number of carboxylic acid groups (broad SMARTS) is 1. The van der Waals surface area contributed by atoms with Crippen LogP contribution in [0.4, 0.5) is 5.69 Å². The standard InChI is InChI=1S/C13H15ClN2O5/c14-9-4-1-5-10(16(19)20)11(9)21-8-3-2-6-13(15,7-8)12(17)18/h1,4-5,8H,2-3,6-7,15H2,(H,17,18). The van der Waals surface area contributed by atoms with E-state index in [-0.39, 0.29) is 22.9 Å². The van der Waals surface area contributed by atoms with E-state index >= 15 is 0 Å². The maximum atomic E-state index is 11.2. The molecule has 0 saturated heterocycles. The minimum atomic E-state index is -1.36. The van der Waals surface area contributed by atoms with Crippen LogP contribution in [0.25, 0.3) is 0 Å². The van der Waals surface area contributed by atoms with E-state index in [4.69, 9.17) is 27.2 Å². The van der Waals surface area contributed by atoms with Crippen LogP contribution < -0.4 is 10.5 Å². The zero-order valence-electron chi connectivity index (χ0n) is 11.1. The Morgan fingerprint density at radius 2 is 2.29 bits per heavy atom. The third kappa shape index (κ3) is 3.25. The van der Waals surface area contributed by atoms with Crippen LogP contribution in [0.2, 0.25) is 5.02 Å². The number of benzene rings is 1. The summed E-state index contributed by atoms with van der Waals surface area (Å²) in [5.41, 5.74) is 4.23. The summed E-state index contributed by atoms with van der Waals surface area (Å²) in [6.07, 6.45) is 1.08. The minimum Gasteiger partial charge on any atom is -0.482 e. The molecule has 114 valence electrons. The van der Waals surface area contributed by atoms with Gasteiger partial charge in [-0.05, 0) is 25.3 Å². The summed E-state index contributed by atoms with van der Waals surface area (Å²) in [5, 5.41) is 20.3. The van der Waals surface area contributed by atoms with Gasteiger partial charge in [0.05, 0.1) is 9.95 Å². The molecule has 0 heterocycles. The van der Waals surface area contributed by atoms with Gasteiger partial charge in [0, 0.05) is 12.5 Å². The molecule has 21 heavy (non-hydrogen) atoms. The number of para-hydroxylation sites is 1. The minimum absolute atomic E-state index is 0.0381. The van der Waals surface area contributed by atoms with E-state index in [1.54, 1.807) is 0 Å². The zero-order valence-corrected chi connectivity index (χ0v) is 11.9. The Morgan fingerprint density at radius 3 is 2.90 bits per heavy atom.